The molecule has 0 saturated carbocycles. The standard InChI is InChI=1S/C11H12N2O3/c1-2-15-11(14)9-10(16-7-13-9)8-4-3-5-12-6-8/h3-7,9-10H,2H2,1H3/t9-,10-/m0/s1. The summed E-state index contributed by atoms with van der Waals surface area (Å²) in [7, 11) is 0. The summed E-state index contributed by atoms with van der Waals surface area (Å²) in [5.41, 5.74) is 0.818. The second kappa shape index (κ2) is 4.74. The Morgan fingerprint density at radius 2 is 2.50 bits per heavy atom. The van der Waals surface area contributed by atoms with Crippen molar-refractivity contribution in [2.75, 3.05) is 6.61 Å². The minimum absolute atomic E-state index is 0.338. The lowest BCUT2D eigenvalue weighted by atomic mass is 10.1. The molecule has 0 radical (unpaired) electrons. The van der Waals surface area contributed by atoms with Crippen molar-refractivity contribution in [1.82, 2.24) is 4.98 Å². The Labute approximate surface area is 93.1 Å². The molecule has 2 heterocycles. The van der Waals surface area contributed by atoms with E-state index < -0.39 is 12.1 Å². The molecule has 0 saturated heterocycles. The van der Waals surface area contributed by atoms with E-state index in [4.69, 9.17) is 9.47 Å². The molecule has 1 aromatic rings. The third kappa shape index (κ3) is 2.03. The molecule has 0 aromatic carbocycles. The van der Waals surface area contributed by atoms with Crippen LogP contribution >= 0.6 is 0 Å². The summed E-state index contributed by atoms with van der Waals surface area (Å²) in [6.45, 7) is 2.10. The third-order valence-corrected chi connectivity index (χ3v) is 2.26. The van der Waals surface area contributed by atoms with Crippen molar-refractivity contribution < 1.29 is 14.3 Å². The lowest BCUT2D eigenvalue weighted by molar-refractivity contribution is -0.146. The van der Waals surface area contributed by atoms with Crippen molar-refractivity contribution in [1.29, 1.82) is 0 Å². The zero-order valence-electron chi connectivity index (χ0n) is 8.87. The maximum Gasteiger partial charge on any atom is 0.335 e. The van der Waals surface area contributed by atoms with Crippen LogP contribution in [-0.2, 0) is 14.3 Å². The number of esters is 1. The molecule has 0 N–H and O–H groups in total. The Balaban J connectivity index is 2.14. The van der Waals surface area contributed by atoms with Gasteiger partial charge in [-0.2, -0.15) is 0 Å². The van der Waals surface area contributed by atoms with Gasteiger partial charge in [-0.05, 0) is 13.0 Å². The fourth-order valence-electron chi connectivity index (χ4n) is 1.54. The minimum atomic E-state index is -0.621. The Bertz CT molecular complexity index is 391. The van der Waals surface area contributed by atoms with E-state index in [-0.39, 0.29) is 5.97 Å². The smallest absolute Gasteiger partial charge is 0.335 e. The molecule has 5 heteroatoms. The first-order valence-electron chi connectivity index (χ1n) is 5.06. The number of carbonyl (C=O) groups excluding carboxylic acids is 1. The maximum atomic E-state index is 11.6. The first-order chi connectivity index (χ1) is 7.83. The van der Waals surface area contributed by atoms with Crippen LogP contribution in [0.5, 0.6) is 0 Å². The molecular weight excluding hydrogens is 208 g/mol. The van der Waals surface area contributed by atoms with E-state index in [0.29, 0.717) is 6.61 Å². The van der Waals surface area contributed by atoms with Crippen LogP contribution < -0.4 is 0 Å². The van der Waals surface area contributed by atoms with Gasteiger partial charge in [-0.1, -0.05) is 6.07 Å². The highest BCUT2D eigenvalue weighted by Gasteiger charge is 2.35. The number of aliphatic imine (C=N–C) groups is 1. The van der Waals surface area contributed by atoms with E-state index in [1.165, 1.54) is 6.40 Å². The van der Waals surface area contributed by atoms with Gasteiger partial charge in [0.2, 0.25) is 0 Å². The van der Waals surface area contributed by atoms with Gasteiger partial charge in [0.05, 0.1) is 6.61 Å². The van der Waals surface area contributed by atoms with Crippen LogP contribution in [0.1, 0.15) is 18.6 Å². The molecule has 1 aliphatic rings. The summed E-state index contributed by atoms with van der Waals surface area (Å²) in [4.78, 5) is 19.5. The Morgan fingerprint density at radius 1 is 1.62 bits per heavy atom. The lowest BCUT2D eigenvalue weighted by Gasteiger charge is -2.15. The highest BCUT2D eigenvalue weighted by atomic mass is 16.5. The van der Waals surface area contributed by atoms with E-state index >= 15 is 0 Å². The largest absolute Gasteiger partial charge is 0.473 e. The highest BCUT2D eigenvalue weighted by Crippen LogP contribution is 2.26. The van der Waals surface area contributed by atoms with Gasteiger partial charge >= 0.3 is 5.97 Å². The van der Waals surface area contributed by atoms with Crippen LogP contribution in [0, 0.1) is 0 Å². The molecular formula is C11H12N2O3. The zero-order valence-corrected chi connectivity index (χ0v) is 8.87. The molecule has 0 fully saturated rings. The predicted octanol–water partition coefficient (Wildman–Crippen LogP) is 1.11. The maximum absolute atomic E-state index is 11.6. The molecule has 16 heavy (non-hydrogen) atoms. The Morgan fingerprint density at radius 3 is 3.19 bits per heavy atom. The van der Waals surface area contributed by atoms with Crippen LogP contribution in [0.3, 0.4) is 0 Å². The van der Waals surface area contributed by atoms with Crippen LogP contribution in [0.2, 0.25) is 0 Å². The summed E-state index contributed by atoms with van der Waals surface area (Å²) in [5, 5.41) is 0. The van der Waals surface area contributed by atoms with Crippen molar-refractivity contribution in [3.8, 4) is 0 Å². The second-order valence-electron chi connectivity index (χ2n) is 3.29. The number of hydrogen-bond donors (Lipinski definition) is 0. The van der Waals surface area contributed by atoms with Crippen molar-refractivity contribution in [2.45, 2.75) is 19.1 Å². The van der Waals surface area contributed by atoms with Crippen molar-refractivity contribution in [3.63, 3.8) is 0 Å². The number of carbonyl (C=O) groups is 1. The van der Waals surface area contributed by atoms with Gasteiger partial charge in [-0.15, -0.1) is 0 Å². The molecule has 0 spiro atoms. The molecule has 0 bridgehead atoms. The van der Waals surface area contributed by atoms with E-state index in [0.717, 1.165) is 5.56 Å². The van der Waals surface area contributed by atoms with Crippen LogP contribution in [0.4, 0.5) is 0 Å². The molecule has 0 unspecified atom stereocenters. The Kier molecular flexibility index (Phi) is 3.14. The number of nitrogens with zero attached hydrogens (tertiary/aromatic N) is 2. The van der Waals surface area contributed by atoms with Crippen LogP contribution in [0.25, 0.3) is 0 Å². The van der Waals surface area contributed by atoms with E-state index in [2.05, 4.69) is 9.98 Å². The van der Waals surface area contributed by atoms with E-state index in [9.17, 15) is 4.79 Å². The normalized spacial score (nSPS) is 22.8. The van der Waals surface area contributed by atoms with E-state index in [1.807, 2.05) is 6.07 Å². The third-order valence-electron chi connectivity index (χ3n) is 2.26. The quantitative estimate of drug-likeness (QED) is 0.716. The van der Waals surface area contributed by atoms with Gasteiger partial charge in [-0.25, -0.2) is 9.79 Å². The molecule has 1 aromatic heterocycles. The van der Waals surface area contributed by atoms with E-state index in [1.54, 1.807) is 25.4 Å². The molecule has 0 aliphatic carbocycles. The van der Waals surface area contributed by atoms with Gasteiger partial charge in [0.1, 0.15) is 0 Å². The van der Waals surface area contributed by atoms with Gasteiger partial charge in [0.25, 0.3) is 0 Å². The van der Waals surface area contributed by atoms with Crippen molar-refractivity contribution >= 4 is 12.4 Å². The zero-order chi connectivity index (χ0) is 11.4. The Hall–Kier alpha value is -1.91. The molecule has 84 valence electrons. The molecule has 5 nitrogen and oxygen atoms in total. The van der Waals surface area contributed by atoms with Crippen LogP contribution in [-0.4, -0.2) is 30.0 Å². The molecule has 2 rings (SSSR count). The number of ether oxygens (including phenoxy) is 2. The highest BCUT2D eigenvalue weighted by molar-refractivity contribution is 5.80. The van der Waals surface area contributed by atoms with Crippen LogP contribution in [0.15, 0.2) is 29.5 Å². The van der Waals surface area contributed by atoms with Gasteiger partial charge in [0.15, 0.2) is 18.5 Å². The fraction of sp³-hybridized carbons (Fsp3) is 0.364. The lowest BCUT2D eigenvalue weighted by Crippen LogP contribution is -2.26. The number of hydrogen-bond acceptors (Lipinski definition) is 5. The summed E-state index contributed by atoms with van der Waals surface area (Å²) in [5.74, 6) is -0.370. The summed E-state index contributed by atoms with van der Waals surface area (Å²) < 4.78 is 10.2. The number of pyridine rings is 1. The molecule has 2 atom stereocenters. The second-order valence-corrected chi connectivity index (χ2v) is 3.29. The summed E-state index contributed by atoms with van der Waals surface area (Å²) in [6, 6.07) is 3.02. The number of rotatable bonds is 3. The monoisotopic (exact) mass is 220 g/mol. The van der Waals surface area contributed by atoms with Crippen molar-refractivity contribution in [2.24, 2.45) is 4.99 Å². The molecule has 0 amide bonds. The fourth-order valence-corrected chi connectivity index (χ4v) is 1.54. The summed E-state index contributed by atoms with van der Waals surface area (Å²) in [6.07, 6.45) is 4.19. The average molecular weight is 220 g/mol. The predicted molar refractivity (Wildman–Crippen MR) is 57.0 cm³/mol. The first-order valence-corrected chi connectivity index (χ1v) is 5.06. The summed E-state index contributed by atoms with van der Waals surface area (Å²) >= 11 is 0. The minimum Gasteiger partial charge on any atom is -0.473 e. The molecule has 1 aliphatic heterocycles. The topological polar surface area (TPSA) is 60.8 Å². The number of aromatic nitrogens is 1. The van der Waals surface area contributed by atoms with Gasteiger partial charge < -0.3 is 9.47 Å². The van der Waals surface area contributed by atoms with Gasteiger partial charge in [-0.3, -0.25) is 4.98 Å². The first kappa shape index (κ1) is 10.6. The average Bonchev–Trinajstić information content (AvgIpc) is 2.79. The SMILES string of the molecule is CCOC(=O)[C@H]1N=CO[C@H]1c1cccnc1. The van der Waals surface area contributed by atoms with Crippen molar-refractivity contribution in [3.05, 3.63) is 30.1 Å². The van der Waals surface area contributed by atoms with Gasteiger partial charge in [0, 0.05) is 18.0 Å².